The summed E-state index contributed by atoms with van der Waals surface area (Å²) in [6.07, 6.45) is 8.59. The Kier molecular flexibility index (Phi) is 5.00. The Hall–Kier alpha value is -0.120. The smallest absolute Gasteiger partial charge is 0.0113 e. The average molecular weight is 279 g/mol. The van der Waals surface area contributed by atoms with Gasteiger partial charge >= 0.3 is 0 Å². The van der Waals surface area contributed by atoms with Crippen LogP contribution in [0.25, 0.3) is 0 Å². The Morgan fingerprint density at radius 2 is 1.80 bits per heavy atom. The third-order valence-corrected chi connectivity index (χ3v) is 5.90. The quantitative estimate of drug-likeness (QED) is 0.833. The average Bonchev–Trinajstić information content (AvgIpc) is 2.87. The van der Waals surface area contributed by atoms with Gasteiger partial charge in [-0.2, -0.15) is 0 Å². The highest BCUT2D eigenvalue weighted by molar-refractivity contribution is 4.96. The maximum atomic E-state index is 3.71. The zero-order valence-corrected chi connectivity index (χ0v) is 13.5. The molecular formula is C17H33N3. The molecule has 0 radical (unpaired) electrons. The third kappa shape index (κ3) is 3.20. The van der Waals surface area contributed by atoms with Crippen LogP contribution in [0.4, 0.5) is 0 Å². The first-order valence-corrected chi connectivity index (χ1v) is 9.01. The second-order valence-corrected chi connectivity index (χ2v) is 7.21. The molecule has 3 unspecified atom stereocenters. The number of hydrogen-bond donors (Lipinski definition) is 1. The van der Waals surface area contributed by atoms with Gasteiger partial charge in [0.15, 0.2) is 0 Å². The summed E-state index contributed by atoms with van der Waals surface area (Å²) in [4.78, 5) is 5.55. The molecule has 0 amide bonds. The van der Waals surface area contributed by atoms with Gasteiger partial charge in [0.2, 0.25) is 0 Å². The van der Waals surface area contributed by atoms with E-state index in [-0.39, 0.29) is 0 Å². The minimum atomic E-state index is 0.794. The van der Waals surface area contributed by atoms with Crippen LogP contribution in [0.2, 0.25) is 0 Å². The SMILES string of the molecule is CCNC1CC2CCCC(C1)N2CC1CCN(CC)C1. The van der Waals surface area contributed by atoms with Crippen molar-refractivity contribution < 1.29 is 0 Å². The van der Waals surface area contributed by atoms with Gasteiger partial charge in [-0.25, -0.2) is 0 Å². The van der Waals surface area contributed by atoms with E-state index < -0.39 is 0 Å². The Bertz CT molecular complexity index is 293. The van der Waals surface area contributed by atoms with E-state index in [2.05, 4.69) is 29.0 Å². The van der Waals surface area contributed by atoms with E-state index in [1.807, 2.05) is 0 Å². The van der Waals surface area contributed by atoms with Gasteiger partial charge in [-0.15, -0.1) is 0 Å². The summed E-state index contributed by atoms with van der Waals surface area (Å²) in [6.45, 7) is 11.0. The summed E-state index contributed by atoms with van der Waals surface area (Å²) in [5.41, 5.74) is 0. The largest absolute Gasteiger partial charge is 0.314 e. The maximum Gasteiger partial charge on any atom is 0.0113 e. The van der Waals surface area contributed by atoms with Crippen LogP contribution < -0.4 is 5.32 Å². The summed E-state index contributed by atoms with van der Waals surface area (Å²) in [5.74, 6) is 0.939. The Morgan fingerprint density at radius 1 is 1.05 bits per heavy atom. The van der Waals surface area contributed by atoms with E-state index in [0.717, 1.165) is 30.6 Å². The minimum Gasteiger partial charge on any atom is -0.314 e. The summed E-state index contributed by atoms with van der Waals surface area (Å²) in [7, 11) is 0. The summed E-state index contributed by atoms with van der Waals surface area (Å²) < 4.78 is 0. The molecule has 3 heterocycles. The molecule has 3 atom stereocenters. The van der Waals surface area contributed by atoms with Crippen LogP contribution in [-0.2, 0) is 0 Å². The molecule has 3 fully saturated rings. The fourth-order valence-corrected chi connectivity index (χ4v) is 4.88. The van der Waals surface area contributed by atoms with Crippen molar-refractivity contribution >= 4 is 0 Å². The fraction of sp³-hybridized carbons (Fsp3) is 1.00. The second kappa shape index (κ2) is 6.76. The zero-order chi connectivity index (χ0) is 13.9. The van der Waals surface area contributed by atoms with Crippen molar-refractivity contribution in [2.45, 2.75) is 70.5 Å². The molecule has 0 spiro atoms. The molecule has 0 saturated carbocycles. The predicted molar refractivity (Wildman–Crippen MR) is 85.1 cm³/mol. The molecule has 3 saturated heterocycles. The Labute approximate surface area is 125 Å². The predicted octanol–water partition coefficient (Wildman–Crippen LogP) is 2.32. The van der Waals surface area contributed by atoms with Crippen molar-refractivity contribution in [2.24, 2.45) is 5.92 Å². The molecule has 116 valence electrons. The van der Waals surface area contributed by atoms with Crippen molar-refractivity contribution in [1.82, 2.24) is 15.1 Å². The topological polar surface area (TPSA) is 18.5 Å². The lowest BCUT2D eigenvalue weighted by molar-refractivity contribution is 0.0135. The van der Waals surface area contributed by atoms with Crippen LogP contribution in [0.3, 0.4) is 0 Å². The monoisotopic (exact) mass is 279 g/mol. The van der Waals surface area contributed by atoms with Crippen molar-refractivity contribution in [2.75, 3.05) is 32.7 Å². The molecule has 0 aliphatic carbocycles. The fourth-order valence-electron chi connectivity index (χ4n) is 4.88. The van der Waals surface area contributed by atoms with E-state index in [1.165, 1.54) is 64.7 Å². The Morgan fingerprint density at radius 3 is 2.40 bits per heavy atom. The molecule has 2 bridgehead atoms. The highest BCUT2D eigenvalue weighted by Gasteiger charge is 2.39. The summed E-state index contributed by atoms with van der Waals surface area (Å²) in [6, 6.07) is 2.55. The molecule has 3 nitrogen and oxygen atoms in total. The van der Waals surface area contributed by atoms with Crippen LogP contribution in [0.15, 0.2) is 0 Å². The molecule has 0 aromatic rings. The van der Waals surface area contributed by atoms with Crippen LogP contribution in [-0.4, -0.2) is 60.6 Å². The van der Waals surface area contributed by atoms with Crippen LogP contribution in [0, 0.1) is 5.92 Å². The van der Waals surface area contributed by atoms with Crippen molar-refractivity contribution in [3.63, 3.8) is 0 Å². The van der Waals surface area contributed by atoms with Gasteiger partial charge in [-0.05, 0) is 57.7 Å². The van der Waals surface area contributed by atoms with E-state index in [4.69, 9.17) is 0 Å². The van der Waals surface area contributed by atoms with Gasteiger partial charge in [0.05, 0.1) is 0 Å². The number of nitrogens with zero attached hydrogens (tertiary/aromatic N) is 2. The third-order valence-electron chi connectivity index (χ3n) is 5.90. The number of fused-ring (bicyclic) bond motifs is 2. The molecule has 0 aromatic carbocycles. The van der Waals surface area contributed by atoms with Crippen LogP contribution >= 0.6 is 0 Å². The van der Waals surface area contributed by atoms with E-state index in [1.54, 1.807) is 0 Å². The normalized spacial score (nSPS) is 39.3. The van der Waals surface area contributed by atoms with Gasteiger partial charge < -0.3 is 10.2 Å². The molecule has 3 rings (SSSR count). The van der Waals surface area contributed by atoms with Crippen molar-refractivity contribution in [1.29, 1.82) is 0 Å². The van der Waals surface area contributed by atoms with Crippen LogP contribution in [0.1, 0.15) is 52.4 Å². The summed E-state index contributed by atoms with van der Waals surface area (Å²) >= 11 is 0. The second-order valence-electron chi connectivity index (χ2n) is 7.21. The number of likely N-dealkylation sites (tertiary alicyclic amines) is 1. The lowest BCUT2D eigenvalue weighted by Gasteiger charge is -2.50. The van der Waals surface area contributed by atoms with Gasteiger partial charge in [-0.1, -0.05) is 20.3 Å². The molecule has 3 aliphatic rings. The number of rotatable bonds is 5. The zero-order valence-electron chi connectivity index (χ0n) is 13.5. The number of nitrogens with one attached hydrogen (secondary N) is 1. The molecule has 3 heteroatoms. The number of hydrogen-bond acceptors (Lipinski definition) is 3. The van der Waals surface area contributed by atoms with Gasteiger partial charge in [0.1, 0.15) is 0 Å². The van der Waals surface area contributed by atoms with E-state index in [0.29, 0.717) is 0 Å². The van der Waals surface area contributed by atoms with E-state index >= 15 is 0 Å². The first kappa shape index (κ1) is 14.8. The highest BCUT2D eigenvalue weighted by atomic mass is 15.2. The molecule has 0 aromatic heterocycles. The molecule has 20 heavy (non-hydrogen) atoms. The first-order chi connectivity index (χ1) is 9.80. The van der Waals surface area contributed by atoms with Gasteiger partial charge in [-0.3, -0.25) is 4.90 Å². The molecule has 3 aliphatic heterocycles. The van der Waals surface area contributed by atoms with Crippen molar-refractivity contribution in [3.05, 3.63) is 0 Å². The Balaban J connectivity index is 1.56. The maximum absolute atomic E-state index is 3.71. The van der Waals surface area contributed by atoms with E-state index in [9.17, 15) is 0 Å². The highest BCUT2D eigenvalue weighted by Crippen LogP contribution is 2.35. The summed E-state index contributed by atoms with van der Waals surface area (Å²) in [5, 5.41) is 3.71. The van der Waals surface area contributed by atoms with Gasteiger partial charge in [0, 0.05) is 31.2 Å². The van der Waals surface area contributed by atoms with Crippen LogP contribution in [0.5, 0.6) is 0 Å². The van der Waals surface area contributed by atoms with Crippen molar-refractivity contribution in [3.8, 4) is 0 Å². The number of piperidine rings is 2. The lowest BCUT2D eigenvalue weighted by Crippen LogP contribution is -2.57. The minimum absolute atomic E-state index is 0.794. The molecule has 1 N–H and O–H groups in total. The lowest BCUT2D eigenvalue weighted by atomic mass is 9.81. The standard InChI is InChI=1S/C17H33N3/c1-3-18-15-10-16-6-5-7-17(11-15)20(16)13-14-8-9-19(4-2)12-14/h14-18H,3-13H2,1-2H3. The van der Waals surface area contributed by atoms with Gasteiger partial charge in [0.25, 0.3) is 0 Å². The molecular weight excluding hydrogens is 246 g/mol. The first-order valence-electron chi connectivity index (χ1n) is 9.01.